The van der Waals surface area contributed by atoms with E-state index < -0.39 is 23.8 Å². The minimum atomic E-state index is -1.27. The minimum absolute atomic E-state index is 0.127. The van der Waals surface area contributed by atoms with Crippen LogP contribution in [0.2, 0.25) is 0 Å². The van der Waals surface area contributed by atoms with E-state index in [2.05, 4.69) is 6.58 Å². The Bertz CT molecular complexity index is 639. The number of esters is 2. The standard InChI is InChI=1S/C20H25NO5/c1-4-15-13-21(12-14-10-8-7-9-11-14)18(22)16(15)17(19(23)25-5-2)20(24)26-6-3/h4,7-11,15-17H,1,5-6,12-13H2,2-3H3. The van der Waals surface area contributed by atoms with E-state index in [1.807, 2.05) is 30.3 Å². The van der Waals surface area contributed by atoms with Gasteiger partial charge < -0.3 is 14.4 Å². The lowest BCUT2D eigenvalue weighted by molar-refractivity contribution is -0.167. The molecule has 0 saturated carbocycles. The molecular weight excluding hydrogens is 334 g/mol. The quantitative estimate of drug-likeness (QED) is 0.404. The van der Waals surface area contributed by atoms with Gasteiger partial charge in [-0.15, -0.1) is 6.58 Å². The van der Waals surface area contributed by atoms with Crippen molar-refractivity contribution in [1.82, 2.24) is 4.90 Å². The van der Waals surface area contributed by atoms with E-state index in [9.17, 15) is 14.4 Å². The zero-order chi connectivity index (χ0) is 19.1. The number of carbonyl (C=O) groups is 3. The predicted molar refractivity (Wildman–Crippen MR) is 95.8 cm³/mol. The normalized spacial score (nSPS) is 19.5. The van der Waals surface area contributed by atoms with Crippen molar-refractivity contribution < 1.29 is 23.9 Å². The van der Waals surface area contributed by atoms with Gasteiger partial charge in [0.1, 0.15) is 0 Å². The highest BCUT2D eigenvalue weighted by molar-refractivity contribution is 6.01. The summed E-state index contributed by atoms with van der Waals surface area (Å²) in [6, 6.07) is 9.56. The van der Waals surface area contributed by atoms with E-state index in [0.29, 0.717) is 13.1 Å². The molecular formula is C20H25NO5. The maximum atomic E-state index is 13.0. The number of nitrogens with zero attached hydrogens (tertiary/aromatic N) is 1. The third kappa shape index (κ3) is 4.31. The molecule has 6 heteroatoms. The number of hydrogen-bond acceptors (Lipinski definition) is 5. The van der Waals surface area contributed by atoms with E-state index >= 15 is 0 Å². The first kappa shape index (κ1) is 19.7. The first-order valence-corrected chi connectivity index (χ1v) is 8.82. The average Bonchev–Trinajstić information content (AvgIpc) is 2.93. The molecule has 140 valence electrons. The number of hydrogen-bond donors (Lipinski definition) is 0. The summed E-state index contributed by atoms with van der Waals surface area (Å²) >= 11 is 0. The van der Waals surface area contributed by atoms with Gasteiger partial charge in [-0.05, 0) is 19.4 Å². The third-order valence-corrected chi connectivity index (χ3v) is 4.45. The van der Waals surface area contributed by atoms with Crippen molar-refractivity contribution in [2.45, 2.75) is 20.4 Å². The molecule has 2 atom stereocenters. The number of benzene rings is 1. The largest absolute Gasteiger partial charge is 0.465 e. The van der Waals surface area contributed by atoms with Crippen molar-refractivity contribution >= 4 is 17.8 Å². The summed E-state index contributed by atoms with van der Waals surface area (Å²) in [5, 5.41) is 0. The topological polar surface area (TPSA) is 72.9 Å². The predicted octanol–water partition coefficient (Wildman–Crippen LogP) is 2.19. The summed E-state index contributed by atoms with van der Waals surface area (Å²) in [4.78, 5) is 39.4. The summed E-state index contributed by atoms with van der Waals surface area (Å²) in [7, 11) is 0. The molecule has 0 radical (unpaired) electrons. The molecule has 2 rings (SSSR count). The zero-order valence-electron chi connectivity index (χ0n) is 15.2. The number of rotatable bonds is 8. The summed E-state index contributed by atoms with van der Waals surface area (Å²) < 4.78 is 10.1. The molecule has 1 saturated heterocycles. The Hall–Kier alpha value is -2.63. The maximum Gasteiger partial charge on any atom is 0.321 e. The molecule has 1 aromatic rings. The highest BCUT2D eigenvalue weighted by Crippen LogP contribution is 2.34. The van der Waals surface area contributed by atoms with Crippen LogP contribution in [-0.4, -0.2) is 42.5 Å². The monoisotopic (exact) mass is 359 g/mol. The lowest BCUT2D eigenvalue weighted by Gasteiger charge is -2.22. The van der Waals surface area contributed by atoms with Crippen LogP contribution in [0.3, 0.4) is 0 Å². The number of amides is 1. The van der Waals surface area contributed by atoms with Crippen molar-refractivity contribution in [1.29, 1.82) is 0 Å². The van der Waals surface area contributed by atoms with E-state index in [1.165, 1.54) is 0 Å². The molecule has 1 aromatic carbocycles. The first-order valence-electron chi connectivity index (χ1n) is 8.82. The second kappa shape index (κ2) is 9.17. The molecule has 6 nitrogen and oxygen atoms in total. The van der Waals surface area contributed by atoms with Gasteiger partial charge in [0.2, 0.25) is 5.91 Å². The Kier molecular flexibility index (Phi) is 6.95. The van der Waals surface area contributed by atoms with Crippen LogP contribution in [0.15, 0.2) is 43.0 Å². The lowest BCUT2D eigenvalue weighted by atomic mass is 9.83. The van der Waals surface area contributed by atoms with Crippen LogP contribution in [0.4, 0.5) is 0 Å². The van der Waals surface area contributed by atoms with E-state index in [4.69, 9.17) is 9.47 Å². The summed E-state index contributed by atoms with van der Waals surface area (Å²) in [5.41, 5.74) is 0.980. The highest BCUT2D eigenvalue weighted by Gasteiger charge is 2.50. The van der Waals surface area contributed by atoms with Gasteiger partial charge >= 0.3 is 11.9 Å². The van der Waals surface area contributed by atoms with Crippen LogP contribution in [0.25, 0.3) is 0 Å². The van der Waals surface area contributed by atoms with E-state index in [0.717, 1.165) is 5.56 Å². The molecule has 2 unspecified atom stereocenters. The number of ether oxygens (including phenoxy) is 2. The second-order valence-corrected chi connectivity index (χ2v) is 6.11. The summed E-state index contributed by atoms with van der Waals surface area (Å²) in [6.07, 6.45) is 1.62. The Morgan fingerprint density at radius 3 is 2.27 bits per heavy atom. The van der Waals surface area contributed by atoms with E-state index in [1.54, 1.807) is 24.8 Å². The van der Waals surface area contributed by atoms with Gasteiger partial charge in [0.05, 0.1) is 19.1 Å². The molecule has 0 aromatic heterocycles. The SMILES string of the molecule is C=CC1CN(Cc2ccccc2)C(=O)C1C(C(=O)OCC)C(=O)OCC. The molecule has 0 N–H and O–H groups in total. The van der Waals surface area contributed by atoms with Crippen molar-refractivity contribution in [3.8, 4) is 0 Å². The van der Waals surface area contributed by atoms with Gasteiger partial charge in [-0.25, -0.2) is 0 Å². The molecule has 1 heterocycles. The molecule has 26 heavy (non-hydrogen) atoms. The third-order valence-electron chi connectivity index (χ3n) is 4.45. The summed E-state index contributed by atoms with van der Waals surface area (Å²) in [5.74, 6) is -4.16. The van der Waals surface area contributed by atoms with Crippen LogP contribution < -0.4 is 0 Å². The van der Waals surface area contributed by atoms with Gasteiger partial charge in [0, 0.05) is 19.0 Å². The zero-order valence-corrected chi connectivity index (χ0v) is 15.2. The fourth-order valence-corrected chi connectivity index (χ4v) is 3.26. The fourth-order valence-electron chi connectivity index (χ4n) is 3.26. The highest BCUT2D eigenvalue weighted by atomic mass is 16.6. The van der Waals surface area contributed by atoms with Crippen LogP contribution in [-0.2, 0) is 30.4 Å². The smallest absolute Gasteiger partial charge is 0.321 e. The van der Waals surface area contributed by atoms with Crippen molar-refractivity contribution in [2.75, 3.05) is 19.8 Å². The minimum Gasteiger partial charge on any atom is -0.465 e. The fraction of sp³-hybridized carbons (Fsp3) is 0.450. The number of likely N-dealkylation sites (tertiary alicyclic amines) is 1. The van der Waals surface area contributed by atoms with Crippen molar-refractivity contribution in [3.05, 3.63) is 48.6 Å². The lowest BCUT2D eigenvalue weighted by Crippen LogP contribution is -2.40. The van der Waals surface area contributed by atoms with Gasteiger partial charge in [-0.2, -0.15) is 0 Å². The molecule has 0 aliphatic carbocycles. The van der Waals surface area contributed by atoms with Crippen LogP contribution >= 0.6 is 0 Å². The van der Waals surface area contributed by atoms with Crippen molar-refractivity contribution in [3.63, 3.8) is 0 Å². The maximum absolute atomic E-state index is 13.0. The molecule has 0 spiro atoms. The molecule has 0 bridgehead atoms. The van der Waals surface area contributed by atoms with Gasteiger partial charge in [0.25, 0.3) is 0 Å². The second-order valence-electron chi connectivity index (χ2n) is 6.11. The van der Waals surface area contributed by atoms with Crippen molar-refractivity contribution in [2.24, 2.45) is 17.8 Å². The Morgan fingerprint density at radius 2 is 1.77 bits per heavy atom. The molecule has 1 fully saturated rings. The van der Waals surface area contributed by atoms with Gasteiger partial charge in [-0.3, -0.25) is 14.4 Å². The van der Waals surface area contributed by atoms with Gasteiger partial charge in [-0.1, -0.05) is 36.4 Å². The Morgan fingerprint density at radius 1 is 1.19 bits per heavy atom. The van der Waals surface area contributed by atoms with Crippen LogP contribution in [0, 0.1) is 17.8 Å². The van der Waals surface area contributed by atoms with Crippen LogP contribution in [0.5, 0.6) is 0 Å². The van der Waals surface area contributed by atoms with Crippen LogP contribution in [0.1, 0.15) is 19.4 Å². The molecule has 1 aliphatic rings. The van der Waals surface area contributed by atoms with E-state index in [-0.39, 0.29) is 25.0 Å². The summed E-state index contributed by atoms with van der Waals surface area (Å²) in [6.45, 7) is 8.16. The van der Waals surface area contributed by atoms with Gasteiger partial charge in [0.15, 0.2) is 5.92 Å². The Labute approximate surface area is 153 Å². The average molecular weight is 359 g/mol. The Balaban J connectivity index is 2.27. The first-order chi connectivity index (χ1) is 12.5. The molecule has 1 amide bonds. The molecule has 1 aliphatic heterocycles. The number of carbonyl (C=O) groups excluding carboxylic acids is 3.